The van der Waals surface area contributed by atoms with Gasteiger partial charge in [0.25, 0.3) is 11.8 Å². The van der Waals surface area contributed by atoms with E-state index in [4.69, 9.17) is 14.2 Å². The molecule has 0 saturated heterocycles. The summed E-state index contributed by atoms with van der Waals surface area (Å²) in [5, 5.41) is 5.89. The van der Waals surface area contributed by atoms with E-state index in [9.17, 15) is 14.4 Å². The van der Waals surface area contributed by atoms with Gasteiger partial charge < -0.3 is 24.8 Å². The molecule has 0 spiro atoms. The summed E-state index contributed by atoms with van der Waals surface area (Å²) < 4.78 is 15.7. The standard InChI is InChI=1S/C26H28N2O6S/c1-5-34-26(31)21-16(2)22(24(30)27-14-13-17-9-7-6-8-10-17)35-25(21)28-23(29)18-11-12-19(32-3)20(15-18)33-4/h6-12,15H,5,13-14H2,1-4H3,(H,27,30)(H,28,29). The SMILES string of the molecule is CCOC(=O)c1c(NC(=O)c2ccc(OC)c(OC)c2)sc(C(=O)NCCc2ccccc2)c1C. The third-order valence-corrected chi connectivity index (χ3v) is 6.45. The predicted molar refractivity (Wildman–Crippen MR) is 135 cm³/mol. The summed E-state index contributed by atoms with van der Waals surface area (Å²) in [6, 6.07) is 14.5. The van der Waals surface area contributed by atoms with Crippen molar-refractivity contribution < 1.29 is 28.6 Å². The zero-order chi connectivity index (χ0) is 25.4. The lowest BCUT2D eigenvalue weighted by molar-refractivity contribution is 0.0527. The molecule has 0 radical (unpaired) electrons. The van der Waals surface area contributed by atoms with E-state index in [1.165, 1.54) is 20.3 Å². The van der Waals surface area contributed by atoms with Crippen molar-refractivity contribution in [3.05, 3.63) is 75.7 Å². The number of anilines is 1. The minimum atomic E-state index is -0.604. The van der Waals surface area contributed by atoms with Crippen LogP contribution in [0.1, 0.15) is 48.4 Å². The van der Waals surface area contributed by atoms with Gasteiger partial charge in [-0.15, -0.1) is 11.3 Å². The summed E-state index contributed by atoms with van der Waals surface area (Å²) in [5.74, 6) is -0.508. The monoisotopic (exact) mass is 496 g/mol. The Morgan fingerprint density at radius 3 is 2.31 bits per heavy atom. The van der Waals surface area contributed by atoms with Crippen LogP contribution < -0.4 is 20.1 Å². The van der Waals surface area contributed by atoms with Crippen LogP contribution >= 0.6 is 11.3 Å². The maximum Gasteiger partial charge on any atom is 0.341 e. The highest BCUT2D eigenvalue weighted by Gasteiger charge is 2.27. The number of amides is 2. The summed E-state index contributed by atoms with van der Waals surface area (Å²) in [6.07, 6.45) is 0.671. The van der Waals surface area contributed by atoms with Crippen LogP contribution in [0.4, 0.5) is 5.00 Å². The summed E-state index contributed by atoms with van der Waals surface area (Å²) >= 11 is 1.03. The van der Waals surface area contributed by atoms with E-state index in [0.717, 1.165) is 16.9 Å². The van der Waals surface area contributed by atoms with Crippen LogP contribution in [0, 0.1) is 6.92 Å². The molecule has 0 atom stereocenters. The molecule has 9 heteroatoms. The van der Waals surface area contributed by atoms with E-state index < -0.39 is 11.9 Å². The van der Waals surface area contributed by atoms with Crippen LogP contribution in [0.25, 0.3) is 0 Å². The molecule has 2 N–H and O–H groups in total. The number of hydrogen-bond donors (Lipinski definition) is 2. The van der Waals surface area contributed by atoms with Gasteiger partial charge in [0, 0.05) is 12.1 Å². The number of benzene rings is 2. The molecule has 0 aliphatic heterocycles. The van der Waals surface area contributed by atoms with E-state index in [0.29, 0.717) is 40.5 Å². The number of esters is 1. The largest absolute Gasteiger partial charge is 0.493 e. The first-order chi connectivity index (χ1) is 16.9. The van der Waals surface area contributed by atoms with Crippen molar-refractivity contribution in [1.82, 2.24) is 5.32 Å². The quantitative estimate of drug-likeness (QED) is 0.402. The molecule has 0 aliphatic carbocycles. The van der Waals surface area contributed by atoms with Gasteiger partial charge in [-0.25, -0.2) is 4.79 Å². The Balaban J connectivity index is 1.83. The first-order valence-corrected chi connectivity index (χ1v) is 11.9. The summed E-state index contributed by atoms with van der Waals surface area (Å²) in [6.45, 7) is 3.96. The van der Waals surface area contributed by atoms with Gasteiger partial charge in [0.05, 0.1) is 31.3 Å². The van der Waals surface area contributed by atoms with Crippen LogP contribution in [0.3, 0.4) is 0 Å². The number of rotatable bonds is 10. The average Bonchev–Trinajstić information content (AvgIpc) is 3.19. The summed E-state index contributed by atoms with van der Waals surface area (Å²) in [7, 11) is 2.98. The lowest BCUT2D eigenvalue weighted by Crippen LogP contribution is -2.25. The number of carbonyl (C=O) groups excluding carboxylic acids is 3. The summed E-state index contributed by atoms with van der Waals surface area (Å²) in [4.78, 5) is 38.9. The fourth-order valence-electron chi connectivity index (χ4n) is 3.47. The van der Waals surface area contributed by atoms with Gasteiger partial charge in [-0.1, -0.05) is 30.3 Å². The highest BCUT2D eigenvalue weighted by atomic mass is 32.1. The number of carbonyl (C=O) groups is 3. The molecule has 2 aromatic carbocycles. The lowest BCUT2D eigenvalue weighted by Gasteiger charge is -2.10. The lowest BCUT2D eigenvalue weighted by atomic mass is 10.1. The van der Waals surface area contributed by atoms with Crippen molar-refractivity contribution in [1.29, 1.82) is 0 Å². The molecule has 0 aliphatic rings. The Morgan fingerprint density at radius 1 is 0.943 bits per heavy atom. The molecule has 8 nitrogen and oxygen atoms in total. The molecular formula is C26H28N2O6S. The van der Waals surface area contributed by atoms with E-state index >= 15 is 0 Å². The highest BCUT2D eigenvalue weighted by Crippen LogP contribution is 2.35. The van der Waals surface area contributed by atoms with Crippen molar-refractivity contribution in [2.75, 3.05) is 32.7 Å². The smallest absolute Gasteiger partial charge is 0.341 e. The van der Waals surface area contributed by atoms with Gasteiger partial charge >= 0.3 is 5.97 Å². The van der Waals surface area contributed by atoms with Gasteiger partial charge in [-0.3, -0.25) is 9.59 Å². The van der Waals surface area contributed by atoms with Crippen LogP contribution in [-0.2, 0) is 11.2 Å². The fourth-order valence-corrected chi connectivity index (χ4v) is 4.57. The second kappa shape index (κ2) is 12.0. The van der Waals surface area contributed by atoms with Gasteiger partial charge in [-0.05, 0) is 49.6 Å². The fraction of sp³-hybridized carbons (Fsp3) is 0.269. The van der Waals surface area contributed by atoms with Crippen LogP contribution in [0.15, 0.2) is 48.5 Å². The van der Waals surface area contributed by atoms with E-state index in [2.05, 4.69) is 10.6 Å². The van der Waals surface area contributed by atoms with Crippen LogP contribution in [-0.4, -0.2) is 45.2 Å². The summed E-state index contributed by atoms with van der Waals surface area (Å²) in [5.41, 5.74) is 2.02. The van der Waals surface area contributed by atoms with Crippen molar-refractivity contribution in [2.24, 2.45) is 0 Å². The normalized spacial score (nSPS) is 10.4. The van der Waals surface area contributed by atoms with Crippen molar-refractivity contribution in [3.63, 3.8) is 0 Å². The van der Waals surface area contributed by atoms with Crippen molar-refractivity contribution in [3.8, 4) is 11.5 Å². The topological polar surface area (TPSA) is 103 Å². The molecule has 0 saturated carbocycles. The van der Waals surface area contributed by atoms with Gasteiger partial charge in [0.15, 0.2) is 11.5 Å². The molecule has 0 unspecified atom stereocenters. The maximum absolute atomic E-state index is 13.0. The van der Waals surface area contributed by atoms with E-state index in [-0.39, 0.29) is 23.1 Å². The Hall–Kier alpha value is -3.85. The van der Waals surface area contributed by atoms with Gasteiger partial charge in [0.2, 0.25) is 0 Å². The molecule has 1 aromatic heterocycles. The molecule has 2 amide bonds. The van der Waals surface area contributed by atoms with E-state index in [1.54, 1.807) is 26.0 Å². The van der Waals surface area contributed by atoms with Crippen molar-refractivity contribution >= 4 is 34.1 Å². The molecular weight excluding hydrogens is 468 g/mol. The second-order valence-electron chi connectivity index (χ2n) is 7.50. The zero-order valence-electron chi connectivity index (χ0n) is 20.1. The second-order valence-corrected chi connectivity index (χ2v) is 8.52. The average molecular weight is 497 g/mol. The molecule has 0 fully saturated rings. The van der Waals surface area contributed by atoms with Gasteiger partial charge in [0.1, 0.15) is 5.00 Å². The molecule has 184 valence electrons. The maximum atomic E-state index is 13.0. The number of thiophene rings is 1. The Bertz CT molecular complexity index is 1210. The van der Waals surface area contributed by atoms with Crippen LogP contribution in [0.2, 0.25) is 0 Å². The Morgan fingerprint density at radius 2 is 1.66 bits per heavy atom. The Labute approximate surface area is 208 Å². The minimum Gasteiger partial charge on any atom is -0.493 e. The Kier molecular flexibility index (Phi) is 8.86. The number of hydrogen-bond acceptors (Lipinski definition) is 7. The van der Waals surface area contributed by atoms with Crippen LogP contribution in [0.5, 0.6) is 11.5 Å². The first kappa shape index (κ1) is 25.8. The number of nitrogens with one attached hydrogen (secondary N) is 2. The van der Waals surface area contributed by atoms with Crippen molar-refractivity contribution in [2.45, 2.75) is 20.3 Å². The number of ether oxygens (including phenoxy) is 3. The van der Waals surface area contributed by atoms with Gasteiger partial charge in [-0.2, -0.15) is 0 Å². The minimum absolute atomic E-state index is 0.162. The zero-order valence-corrected chi connectivity index (χ0v) is 20.9. The third-order valence-electron chi connectivity index (χ3n) is 5.25. The van der Waals surface area contributed by atoms with E-state index in [1.807, 2.05) is 30.3 Å². The molecule has 35 heavy (non-hydrogen) atoms. The molecule has 3 aromatic rings. The number of methoxy groups -OCH3 is 2. The molecule has 0 bridgehead atoms. The molecule has 3 rings (SSSR count). The predicted octanol–water partition coefficient (Wildman–Crippen LogP) is 4.48. The molecule has 1 heterocycles. The highest BCUT2D eigenvalue weighted by molar-refractivity contribution is 7.18. The first-order valence-electron chi connectivity index (χ1n) is 11.1. The third kappa shape index (κ3) is 6.19.